The fourth-order valence-corrected chi connectivity index (χ4v) is 2.79. The van der Waals surface area contributed by atoms with Crippen molar-refractivity contribution in [2.24, 2.45) is 0 Å². The zero-order valence-electron chi connectivity index (χ0n) is 11.0. The molecule has 0 amide bonds. The van der Waals surface area contributed by atoms with Gasteiger partial charge in [-0.3, -0.25) is 0 Å². The Morgan fingerprint density at radius 1 is 1.15 bits per heavy atom. The zero-order chi connectivity index (χ0) is 13.4. The van der Waals surface area contributed by atoms with E-state index in [1.165, 1.54) is 0 Å². The molecule has 0 radical (unpaired) electrons. The van der Waals surface area contributed by atoms with E-state index in [-0.39, 0.29) is 12.2 Å². The van der Waals surface area contributed by atoms with E-state index in [9.17, 15) is 0 Å². The molecule has 20 heavy (non-hydrogen) atoms. The number of fused-ring (bicyclic) bond motifs is 2. The number of furan rings is 1. The number of hydrogen-bond donors (Lipinski definition) is 1. The summed E-state index contributed by atoms with van der Waals surface area (Å²) in [6, 6.07) is 1.86. The van der Waals surface area contributed by atoms with Crippen molar-refractivity contribution in [3.8, 4) is 11.4 Å². The predicted octanol–water partition coefficient (Wildman–Crippen LogP) is 0.914. The van der Waals surface area contributed by atoms with Crippen LogP contribution < -0.4 is 10.2 Å². The maximum atomic E-state index is 5.90. The quantitative estimate of drug-likeness (QED) is 0.877. The largest absolute Gasteiger partial charge is 0.472 e. The maximum Gasteiger partial charge on any atom is 0.162 e. The van der Waals surface area contributed by atoms with Crippen LogP contribution in [0.4, 0.5) is 5.69 Å². The maximum absolute atomic E-state index is 5.90. The summed E-state index contributed by atoms with van der Waals surface area (Å²) < 4.78 is 11.0. The smallest absolute Gasteiger partial charge is 0.162 e. The number of morpholine rings is 2. The van der Waals surface area contributed by atoms with E-state index >= 15 is 0 Å². The third-order valence-electron chi connectivity index (χ3n) is 3.76. The van der Waals surface area contributed by atoms with Crippen LogP contribution in [0.1, 0.15) is 0 Å². The molecule has 2 aliphatic rings. The van der Waals surface area contributed by atoms with Crippen LogP contribution in [0, 0.1) is 0 Å². The molecule has 2 bridgehead atoms. The van der Waals surface area contributed by atoms with Gasteiger partial charge < -0.3 is 19.4 Å². The Hall–Kier alpha value is -1.92. The van der Waals surface area contributed by atoms with E-state index < -0.39 is 0 Å². The van der Waals surface area contributed by atoms with Crippen LogP contribution in [0.25, 0.3) is 11.4 Å². The van der Waals surface area contributed by atoms with Gasteiger partial charge in [-0.15, -0.1) is 0 Å². The molecule has 0 saturated carbocycles. The molecule has 6 nitrogen and oxygen atoms in total. The highest BCUT2D eigenvalue weighted by atomic mass is 16.5. The molecule has 2 aliphatic heterocycles. The molecule has 2 aromatic rings. The fraction of sp³-hybridized carbons (Fsp3) is 0.429. The van der Waals surface area contributed by atoms with Crippen molar-refractivity contribution in [1.29, 1.82) is 0 Å². The van der Waals surface area contributed by atoms with Gasteiger partial charge in [-0.25, -0.2) is 9.97 Å². The Morgan fingerprint density at radius 2 is 1.90 bits per heavy atom. The van der Waals surface area contributed by atoms with E-state index in [1.807, 2.05) is 18.5 Å². The highest BCUT2D eigenvalue weighted by Gasteiger charge is 2.31. The first-order valence-electron chi connectivity index (χ1n) is 6.84. The summed E-state index contributed by atoms with van der Waals surface area (Å²) in [5, 5.41) is 3.39. The number of aromatic nitrogens is 2. The van der Waals surface area contributed by atoms with E-state index in [4.69, 9.17) is 9.15 Å². The van der Waals surface area contributed by atoms with Gasteiger partial charge in [0.15, 0.2) is 5.82 Å². The molecule has 4 rings (SSSR count). The first-order valence-corrected chi connectivity index (χ1v) is 6.84. The van der Waals surface area contributed by atoms with Crippen LogP contribution in [0.2, 0.25) is 0 Å². The van der Waals surface area contributed by atoms with Gasteiger partial charge in [0.25, 0.3) is 0 Å². The number of nitrogens with one attached hydrogen (secondary N) is 1. The molecule has 2 atom stereocenters. The number of ether oxygens (including phenoxy) is 1. The topological polar surface area (TPSA) is 63.4 Å². The lowest BCUT2D eigenvalue weighted by Crippen LogP contribution is -2.58. The van der Waals surface area contributed by atoms with Crippen molar-refractivity contribution < 1.29 is 9.15 Å². The molecule has 2 fully saturated rings. The summed E-state index contributed by atoms with van der Waals surface area (Å²) in [6.07, 6.45) is 7.56. The highest BCUT2D eigenvalue weighted by Crippen LogP contribution is 2.22. The molecule has 6 heteroatoms. The second kappa shape index (κ2) is 4.88. The molecule has 2 aromatic heterocycles. The van der Waals surface area contributed by atoms with Crippen LogP contribution in [0.5, 0.6) is 0 Å². The Bertz CT molecular complexity index is 557. The van der Waals surface area contributed by atoms with Crippen molar-refractivity contribution in [1.82, 2.24) is 15.3 Å². The van der Waals surface area contributed by atoms with Gasteiger partial charge in [0.2, 0.25) is 0 Å². The molecule has 4 heterocycles. The Balaban J connectivity index is 1.54. The van der Waals surface area contributed by atoms with Crippen LogP contribution in [0.15, 0.2) is 35.4 Å². The van der Waals surface area contributed by atoms with Crippen LogP contribution in [-0.4, -0.2) is 48.4 Å². The minimum atomic E-state index is 0.260. The lowest BCUT2D eigenvalue weighted by Gasteiger charge is -2.42. The van der Waals surface area contributed by atoms with Gasteiger partial charge in [-0.05, 0) is 6.07 Å². The molecule has 0 aromatic carbocycles. The Kier molecular flexibility index (Phi) is 2.90. The second-order valence-electron chi connectivity index (χ2n) is 5.22. The Labute approximate surface area is 116 Å². The van der Waals surface area contributed by atoms with Gasteiger partial charge in [-0.1, -0.05) is 0 Å². The normalized spacial score (nSPS) is 25.7. The van der Waals surface area contributed by atoms with E-state index in [2.05, 4.69) is 20.2 Å². The third kappa shape index (κ3) is 2.17. The molecular formula is C14H16N4O2. The summed E-state index contributed by atoms with van der Waals surface area (Å²) in [5.74, 6) is 0.692. The monoisotopic (exact) mass is 272 g/mol. The average Bonchev–Trinajstić information content (AvgIpc) is 3.01. The summed E-state index contributed by atoms with van der Waals surface area (Å²) >= 11 is 0. The summed E-state index contributed by atoms with van der Waals surface area (Å²) in [7, 11) is 0. The molecule has 2 unspecified atom stereocenters. The van der Waals surface area contributed by atoms with Crippen molar-refractivity contribution in [2.75, 3.05) is 31.1 Å². The summed E-state index contributed by atoms with van der Waals surface area (Å²) in [6.45, 7) is 3.61. The SMILES string of the molecule is c1cc(-c2ncc(N3CC4CNCC(C3)O4)cn2)co1. The third-order valence-corrected chi connectivity index (χ3v) is 3.76. The first-order chi connectivity index (χ1) is 9.88. The lowest BCUT2D eigenvalue weighted by molar-refractivity contribution is -0.0484. The van der Waals surface area contributed by atoms with Crippen LogP contribution in [0.3, 0.4) is 0 Å². The van der Waals surface area contributed by atoms with Gasteiger partial charge in [0.1, 0.15) is 6.26 Å². The average molecular weight is 272 g/mol. The fourth-order valence-electron chi connectivity index (χ4n) is 2.79. The van der Waals surface area contributed by atoms with Gasteiger partial charge in [-0.2, -0.15) is 0 Å². The first kappa shape index (κ1) is 11.9. The molecule has 2 saturated heterocycles. The minimum absolute atomic E-state index is 0.260. The molecule has 0 aliphatic carbocycles. The molecule has 0 spiro atoms. The molecular weight excluding hydrogens is 256 g/mol. The lowest BCUT2D eigenvalue weighted by atomic mass is 10.1. The summed E-state index contributed by atoms with van der Waals surface area (Å²) in [4.78, 5) is 11.1. The van der Waals surface area contributed by atoms with Crippen molar-refractivity contribution in [3.63, 3.8) is 0 Å². The number of rotatable bonds is 2. The summed E-state index contributed by atoms with van der Waals surface area (Å²) in [5.41, 5.74) is 1.96. The van der Waals surface area contributed by atoms with Gasteiger partial charge in [0, 0.05) is 26.2 Å². The number of hydrogen-bond acceptors (Lipinski definition) is 6. The predicted molar refractivity (Wildman–Crippen MR) is 73.5 cm³/mol. The zero-order valence-corrected chi connectivity index (χ0v) is 11.0. The Morgan fingerprint density at radius 3 is 2.55 bits per heavy atom. The van der Waals surface area contributed by atoms with Crippen LogP contribution >= 0.6 is 0 Å². The number of anilines is 1. The van der Waals surface area contributed by atoms with E-state index in [0.29, 0.717) is 5.82 Å². The van der Waals surface area contributed by atoms with Crippen LogP contribution in [-0.2, 0) is 4.74 Å². The highest BCUT2D eigenvalue weighted by molar-refractivity contribution is 5.54. The van der Waals surface area contributed by atoms with E-state index in [0.717, 1.165) is 37.4 Å². The second-order valence-corrected chi connectivity index (χ2v) is 5.22. The standard InChI is InChI=1S/C14H16N4O2/c1-2-19-9-10(1)14-16-3-11(4-17-14)18-7-12-5-15-6-13(8-18)20-12/h1-4,9,12-13,15H,5-8H2. The van der Waals surface area contributed by atoms with Crippen molar-refractivity contribution in [2.45, 2.75) is 12.2 Å². The number of nitrogens with zero attached hydrogens (tertiary/aromatic N) is 3. The molecule has 1 N–H and O–H groups in total. The molecule has 104 valence electrons. The van der Waals surface area contributed by atoms with E-state index in [1.54, 1.807) is 12.5 Å². The van der Waals surface area contributed by atoms with Crippen molar-refractivity contribution >= 4 is 5.69 Å². The van der Waals surface area contributed by atoms with Crippen molar-refractivity contribution in [3.05, 3.63) is 31.0 Å². The van der Waals surface area contributed by atoms with Gasteiger partial charge in [0.05, 0.1) is 42.1 Å². The minimum Gasteiger partial charge on any atom is -0.472 e. The van der Waals surface area contributed by atoms with Gasteiger partial charge >= 0.3 is 0 Å².